The van der Waals surface area contributed by atoms with Crippen LogP contribution in [0.4, 0.5) is 0 Å². The van der Waals surface area contributed by atoms with Crippen molar-refractivity contribution >= 4 is 5.97 Å². The Hall–Kier alpha value is -1.79. The first kappa shape index (κ1) is 12.7. The maximum Gasteiger partial charge on any atom is 0.335 e. The number of aromatic carboxylic acids is 1. The zero-order chi connectivity index (χ0) is 13.1. The number of hydrogen-bond donors (Lipinski definition) is 2. The Kier molecular flexibility index (Phi) is 3.69. The number of methoxy groups -OCH3 is 1. The van der Waals surface area contributed by atoms with Crippen molar-refractivity contribution in [3.05, 3.63) is 23.8 Å². The Morgan fingerprint density at radius 2 is 2.17 bits per heavy atom. The summed E-state index contributed by atoms with van der Waals surface area (Å²) in [6.07, 6.45) is -1.15. The van der Waals surface area contributed by atoms with Crippen molar-refractivity contribution in [1.82, 2.24) is 0 Å². The second-order valence-electron chi connectivity index (χ2n) is 3.93. The normalized spacial score (nSPS) is 22.8. The summed E-state index contributed by atoms with van der Waals surface area (Å²) >= 11 is 0. The van der Waals surface area contributed by atoms with E-state index in [1.165, 1.54) is 25.3 Å². The van der Waals surface area contributed by atoms with E-state index in [4.69, 9.17) is 19.3 Å². The van der Waals surface area contributed by atoms with Crippen LogP contribution in [0.3, 0.4) is 0 Å². The second kappa shape index (κ2) is 5.24. The van der Waals surface area contributed by atoms with E-state index in [2.05, 4.69) is 0 Å². The summed E-state index contributed by atoms with van der Waals surface area (Å²) in [6, 6.07) is 4.30. The first-order chi connectivity index (χ1) is 8.61. The van der Waals surface area contributed by atoms with Crippen LogP contribution in [0, 0.1) is 0 Å². The van der Waals surface area contributed by atoms with Crippen molar-refractivity contribution in [2.75, 3.05) is 20.3 Å². The minimum Gasteiger partial charge on any atom is -0.493 e. The summed E-state index contributed by atoms with van der Waals surface area (Å²) in [5.41, 5.74) is 0.113. The lowest BCUT2D eigenvalue weighted by atomic mass is 10.2. The van der Waals surface area contributed by atoms with Crippen LogP contribution in [0.1, 0.15) is 10.4 Å². The van der Waals surface area contributed by atoms with E-state index < -0.39 is 18.2 Å². The van der Waals surface area contributed by atoms with Crippen molar-refractivity contribution in [2.24, 2.45) is 0 Å². The van der Waals surface area contributed by atoms with Gasteiger partial charge in [0, 0.05) is 0 Å². The molecule has 0 aromatic heterocycles. The molecule has 2 N–H and O–H groups in total. The Balaban J connectivity index is 2.19. The third kappa shape index (κ3) is 2.55. The fourth-order valence-corrected chi connectivity index (χ4v) is 1.70. The minimum absolute atomic E-state index is 0.113. The average Bonchev–Trinajstić information content (AvgIpc) is 2.75. The van der Waals surface area contributed by atoms with Gasteiger partial charge in [-0.2, -0.15) is 0 Å². The molecule has 0 radical (unpaired) electrons. The minimum atomic E-state index is -1.04. The van der Waals surface area contributed by atoms with Crippen molar-refractivity contribution < 1.29 is 29.2 Å². The number of carboxylic acids is 1. The van der Waals surface area contributed by atoms with E-state index in [1.54, 1.807) is 0 Å². The average molecular weight is 254 g/mol. The molecule has 1 aromatic rings. The van der Waals surface area contributed by atoms with Crippen LogP contribution >= 0.6 is 0 Å². The number of carbonyl (C=O) groups is 1. The molecule has 0 saturated carbocycles. The number of rotatable bonds is 4. The van der Waals surface area contributed by atoms with E-state index in [9.17, 15) is 9.90 Å². The van der Waals surface area contributed by atoms with Crippen LogP contribution in [0.25, 0.3) is 0 Å². The maximum absolute atomic E-state index is 10.8. The summed E-state index contributed by atoms with van der Waals surface area (Å²) in [5, 5.41) is 18.4. The molecule has 2 rings (SSSR count). The van der Waals surface area contributed by atoms with E-state index in [0.29, 0.717) is 18.1 Å². The van der Waals surface area contributed by atoms with Gasteiger partial charge >= 0.3 is 5.97 Å². The first-order valence-electron chi connectivity index (χ1n) is 5.45. The molecule has 1 aliphatic rings. The fourth-order valence-electron chi connectivity index (χ4n) is 1.70. The van der Waals surface area contributed by atoms with Gasteiger partial charge in [-0.05, 0) is 18.2 Å². The summed E-state index contributed by atoms with van der Waals surface area (Å²) in [7, 11) is 1.43. The summed E-state index contributed by atoms with van der Waals surface area (Å²) in [5.74, 6) is -0.338. The summed E-state index contributed by atoms with van der Waals surface area (Å²) in [6.45, 7) is 0.533. The van der Waals surface area contributed by atoms with Gasteiger partial charge in [-0.15, -0.1) is 0 Å². The molecule has 2 unspecified atom stereocenters. The van der Waals surface area contributed by atoms with Gasteiger partial charge in [0.15, 0.2) is 17.6 Å². The van der Waals surface area contributed by atoms with Gasteiger partial charge in [-0.3, -0.25) is 0 Å². The number of carboxylic acid groups (broad SMARTS) is 1. The van der Waals surface area contributed by atoms with Crippen molar-refractivity contribution in [1.29, 1.82) is 0 Å². The summed E-state index contributed by atoms with van der Waals surface area (Å²) in [4.78, 5) is 10.8. The Morgan fingerprint density at radius 1 is 1.39 bits per heavy atom. The lowest BCUT2D eigenvalue weighted by molar-refractivity contribution is 0.0688. The maximum atomic E-state index is 10.8. The molecular formula is C12H14O6. The smallest absolute Gasteiger partial charge is 0.335 e. The highest BCUT2D eigenvalue weighted by Gasteiger charge is 2.29. The topological polar surface area (TPSA) is 85.2 Å². The molecular weight excluding hydrogens is 240 g/mol. The van der Waals surface area contributed by atoms with E-state index >= 15 is 0 Å². The Bertz CT molecular complexity index is 444. The quantitative estimate of drug-likeness (QED) is 0.815. The second-order valence-corrected chi connectivity index (χ2v) is 3.93. The molecule has 18 heavy (non-hydrogen) atoms. The van der Waals surface area contributed by atoms with Crippen LogP contribution < -0.4 is 9.47 Å². The molecule has 1 aromatic carbocycles. The number of hydrogen-bond acceptors (Lipinski definition) is 5. The predicted octanol–water partition coefficient (Wildman–Crippen LogP) is 0.532. The van der Waals surface area contributed by atoms with E-state index in [0.717, 1.165) is 0 Å². The third-order valence-electron chi connectivity index (χ3n) is 2.69. The van der Waals surface area contributed by atoms with E-state index in [-0.39, 0.29) is 12.2 Å². The highest BCUT2D eigenvalue weighted by molar-refractivity contribution is 5.88. The van der Waals surface area contributed by atoms with Crippen molar-refractivity contribution in [2.45, 2.75) is 12.2 Å². The molecule has 98 valence electrons. The molecule has 6 nitrogen and oxygen atoms in total. The fraction of sp³-hybridized carbons (Fsp3) is 0.417. The van der Waals surface area contributed by atoms with Gasteiger partial charge in [0.1, 0.15) is 6.10 Å². The number of benzene rings is 1. The molecule has 0 bridgehead atoms. The van der Waals surface area contributed by atoms with Crippen molar-refractivity contribution in [3.8, 4) is 11.5 Å². The zero-order valence-corrected chi connectivity index (χ0v) is 9.83. The van der Waals surface area contributed by atoms with Gasteiger partial charge in [-0.25, -0.2) is 4.79 Å². The highest BCUT2D eigenvalue weighted by Crippen LogP contribution is 2.30. The van der Waals surface area contributed by atoms with Crippen LogP contribution in [0.15, 0.2) is 18.2 Å². The molecule has 1 heterocycles. The lowest BCUT2D eigenvalue weighted by Gasteiger charge is -2.17. The lowest BCUT2D eigenvalue weighted by Crippen LogP contribution is -2.29. The van der Waals surface area contributed by atoms with Gasteiger partial charge in [0.2, 0.25) is 0 Å². The highest BCUT2D eigenvalue weighted by atomic mass is 16.6. The summed E-state index contributed by atoms with van der Waals surface area (Å²) < 4.78 is 15.7. The van der Waals surface area contributed by atoms with Gasteiger partial charge < -0.3 is 24.4 Å². The molecule has 0 amide bonds. The van der Waals surface area contributed by atoms with Crippen LogP contribution in [0.2, 0.25) is 0 Å². The SMILES string of the molecule is COc1cc(C(=O)O)ccc1OC1COCC1O. The Labute approximate surface area is 104 Å². The van der Waals surface area contributed by atoms with Crippen LogP contribution in [-0.4, -0.2) is 48.7 Å². The van der Waals surface area contributed by atoms with Crippen molar-refractivity contribution in [3.63, 3.8) is 0 Å². The van der Waals surface area contributed by atoms with E-state index in [1.807, 2.05) is 0 Å². The molecule has 1 saturated heterocycles. The molecule has 0 aliphatic carbocycles. The largest absolute Gasteiger partial charge is 0.493 e. The van der Waals surface area contributed by atoms with Gasteiger partial charge in [-0.1, -0.05) is 0 Å². The monoisotopic (exact) mass is 254 g/mol. The van der Waals surface area contributed by atoms with Crippen LogP contribution in [0.5, 0.6) is 11.5 Å². The van der Waals surface area contributed by atoms with Gasteiger partial charge in [0.25, 0.3) is 0 Å². The number of aliphatic hydroxyl groups excluding tert-OH is 1. The molecule has 0 spiro atoms. The molecule has 2 atom stereocenters. The third-order valence-corrected chi connectivity index (χ3v) is 2.69. The zero-order valence-electron chi connectivity index (χ0n) is 9.83. The number of aliphatic hydroxyl groups is 1. The first-order valence-corrected chi connectivity index (χ1v) is 5.45. The Morgan fingerprint density at radius 3 is 2.72 bits per heavy atom. The van der Waals surface area contributed by atoms with Crippen LogP contribution in [-0.2, 0) is 4.74 Å². The standard InChI is InChI=1S/C12H14O6/c1-16-10-4-7(12(14)15)2-3-9(10)18-11-6-17-5-8(11)13/h2-4,8,11,13H,5-6H2,1H3,(H,14,15). The van der Waals surface area contributed by atoms with Gasteiger partial charge in [0.05, 0.1) is 25.9 Å². The molecule has 6 heteroatoms. The molecule has 1 fully saturated rings. The predicted molar refractivity (Wildman–Crippen MR) is 61.2 cm³/mol. The molecule has 1 aliphatic heterocycles. The number of ether oxygens (including phenoxy) is 3.